The molecule has 0 fully saturated rings. The summed E-state index contributed by atoms with van der Waals surface area (Å²) in [5, 5.41) is 0. The van der Waals surface area contributed by atoms with Gasteiger partial charge in [-0.3, -0.25) is 14.2 Å². The molecular weight excluding hydrogens is 355 g/mol. The van der Waals surface area contributed by atoms with E-state index in [1.54, 1.807) is 17.0 Å². The third-order valence-electron chi connectivity index (χ3n) is 4.74. The lowest BCUT2D eigenvalue weighted by atomic mass is 9.88. The quantitative estimate of drug-likeness (QED) is 0.529. The van der Waals surface area contributed by atoms with Gasteiger partial charge in [-0.25, -0.2) is 9.37 Å². The van der Waals surface area contributed by atoms with E-state index in [1.807, 2.05) is 44.2 Å². The maximum absolute atomic E-state index is 13.1. The Hall–Kier alpha value is -3.08. The molecule has 1 heterocycles. The Morgan fingerprint density at radius 2 is 1.68 bits per heavy atom. The second-order valence-corrected chi connectivity index (χ2v) is 7.15. The lowest BCUT2D eigenvalue weighted by molar-refractivity contribution is 0.0878. The fourth-order valence-electron chi connectivity index (χ4n) is 3.27. The number of ketones is 1. The van der Waals surface area contributed by atoms with Crippen molar-refractivity contribution >= 4 is 11.7 Å². The second kappa shape index (κ2) is 8.74. The molecule has 0 saturated heterocycles. The maximum Gasteiger partial charge on any atom is 0.232 e. The summed E-state index contributed by atoms with van der Waals surface area (Å²) in [4.78, 5) is 29.9. The molecule has 4 nitrogen and oxygen atoms in total. The summed E-state index contributed by atoms with van der Waals surface area (Å²) < 4.78 is 14.7. The van der Waals surface area contributed by atoms with Gasteiger partial charge in [-0.15, -0.1) is 0 Å². The van der Waals surface area contributed by atoms with Gasteiger partial charge in [0, 0.05) is 36.7 Å². The number of hydrogen-bond donors (Lipinski definition) is 0. The van der Waals surface area contributed by atoms with Gasteiger partial charge < -0.3 is 0 Å². The Kier molecular flexibility index (Phi) is 6.14. The number of rotatable bonds is 7. The van der Waals surface area contributed by atoms with Gasteiger partial charge in [0.25, 0.3) is 0 Å². The van der Waals surface area contributed by atoms with Crippen molar-refractivity contribution in [1.82, 2.24) is 9.55 Å². The SMILES string of the molecule is CC(C)c1nccn1C(=O)C[C@@H](CC(=O)c1ccc(F)cc1)c1ccccc1. The van der Waals surface area contributed by atoms with Crippen LogP contribution in [-0.2, 0) is 0 Å². The molecule has 1 aromatic heterocycles. The Labute approximate surface area is 164 Å². The predicted octanol–water partition coefficient (Wildman–Crippen LogP) is 5.23. The molecule has 0 saturated carbocycles. The first-order valence-electron chi connectivity index (χ1n) is 9.36. The fourth-order valence-corrected chi connectivity index (χ4v) is 3.27. The smallest absolute Gasteiger partial charge is 0.232 e. The number of aromatic nitrogens is 2. The van der Waals surface area contributed by atoms with Crippen molar-refractivity contribution in [3.05, 3.63) is 89.8 Å². The highest BCUT2D eigenvalue weighted by Crippen LogP contribution is 2.27. The summed E-state index contributed by atoms with van der Waals surface area (Å²) in [6.07, 6.45) is 3.65. The van der Waals surface area contributed by atoms with E-state index in [0.29, 0.717) is 11.4 Å². The standard InChI is InChI=1S/C23H23FN2O2/c1-16(2)23-25-12-13-26(23)22(28)15-19(17-6-4-3-5-7-17)14-21(27)18-8-10-20(24)11-9-18/h3-13,16,19H,14-15H2,1-2H3/t19-/m1/s1. The van der Waals surface area contributed by atoms with Crippen molar-refractivity contribution in [1.29, 1.82) is 0 Å². The molecule has 0 radical (unpaired) electrons. The van der Waals surface area contributed by atoms with Crippen LogP contribution < -0.4 is 0 Å². The highest BCUT2D eigenvalue weighted by molar-refractivity contribution is 5.97. The first-order chi connectivity index (χ1) is 13.5. The number of halogens is 1. The van der Waals surface area contributed by atoms with E-state index in [9.17, 15) is 14.0 Å². The van der Waals surface area contributed by atoms with Crippen LogP contribution in [-0.4, -0.2) is 21.2 Å². The molecule has 0 aliphatic carbocycles. The van der Waals surface area contributed by atoms with Crippen LogP contribution in [0.4, 0.5) is 4.39 Å². The van der Waals surface area contributed by atoms with Gasteiger partial charge in [-0.1, -0.05) is 44.2 Å². The maximum atomic E-state index is 13.1. The Bertz CT molecular complexity index is 946. The third kappa shape index (κ3) is 4.60. The molecule has 3 rings (SSSR count). The van der Waals surface area contributed by atoms with Gasteiger partial charge in [-0.05, 0) is 35.7 Å². The topological polar surface area (TPSA) is 52.0 Å². The van der Waals surface area contributed by atoms with Crippen LogP contribution in [0.25, 0.3) is 0 Å². The van der Waals surface area contributed by atoms with E-state index in [4.69, 9.17) is 0 Å². The van der Waals surface area contributed by atoms with Gasteiger partial charge >= 0.3 is 0 Å². The molecule has 144 valence electrons. The number of hydrogen-bond acceptors (Lipinski definition) is 3. The van der Waals surface area contributed by atoms with Crippen LogP contribution in [0.2, 0.25) is 0 Å². The molecular formula is C23H23FN2O2. The minimum Gasteiger partial charge on any atom is -0.294 e. The van der Waals surface area contributed by atoms with Crippen LogP contribution in [0, 0.1) is 5.82 Å². The fraction of sp³-hybridized carbons (Fsp3) is 0.261. The molecule has 2 aromatic carbocycles. The van der Waals surface area contributed by atoms with Crippen LogP contribution in [0.1, 0.15) is 65.1 Å². The van der Waals surface area contributed by atoms with Crippen molar-refractivity contribution in [3.8, 4) is 0 Å². The van der Waals surface area contributed by atoms with Gasteiger partial charge in [0.2, 0.25) is 5.91 Å². The van der Waals surface area contributed by atoms with Crippen molar-refractivity contribution < 1.29 is 14.0 Å². The highest BCUT2D eigenvalue weighted by Gasteiger charge is 2.23. The average molecular weight is 378 g/mol. The third-order valence-corrected chi connectivity index (χ3v) is 4.74. The average Bonchev–Trinajstić information content (AvgIpc) is 3.19. The first-order valence-corrected chi connectivity index (χ1v) is 9.36. The highest BCUT2D eigenvalue weighted by atomic mass is 19.1. The lowest BCUT2D eigenvalue weighted by Crippen LogP contribution is -2.19. The summed E-state index contributed by atoms with van der Waals surface area (Å²) in [6, 6.07) is 15.0. The monoisotopic (exact) mass is 378 g/mol. The van der Waals surface area contributed by atoms with E-state index in [1.165, 1.54) is 24.3 Å². The number of benzene rings is 2. The lowest BCUT2D eigenvalue weighted by Gasteiger charge is -2.18. The normalized spacial score (nSPS) is 12.1. The van der Waals surface area contributed by atoms with Crippen molar-refractivity contribution in [3.63, 3.8) is 0 Å². The molecule has 0 aliphatic rings. The number of carbonyl (C=O) groups excluding carboxylic acids is 2. The van der Waals surface area contributed by atoms with Gasteiger partial charge in [0.05, 0.1) is 0 Å². The molecule has 28 heavy (non-hydrogen) atoms. The summed E-state index contributed by atoms with van der Waals surface area (Å²) in [5.74, 6) is -0.0312. The molecule has 0 N–H and O–H groups in total. The van der Waals surface area contributed by atoms with Crippen LogP contribution in [0.5, 0.6) is 0 Å². The minimum absolute atomic E-state index is 0.0954. The van der Waals surface area contributed by atoms with Crippen molar-refractivity contribution in [2.75, 3.05) is 0 Å². The molecule has 0 aliphatic heterocycles. The minimum atomic E-state index is -0.382. The van der Waals surface area contributed by atoms with E-state index in [-0.39, 0.29) is 42.2 Å². The summed E-state index contributed by atoms with van der Waals surface area (Å²) in [7, 11) is 0. The molecule has 5 heteroatoms. The number of imidazole rings is 1. The van der Waals surface area contributed by atoms with E-state index in [2.05, 4.69) is 4.98 Å². The van der Waals surface area contributed by atoms with Gasteiger partial charge in [-0.2, -0.15) is 0 Å². The van der Waals surface area contributed by atoms with E-state index >= 15 is 0 Å². The number of nitrogens with zero attached hydrogens (tertiary/aromatic N) is 2. The molecule has 0 spiro atoms. The zero-order chi connectivity index (χ0) is 20.1. The van der Waals surface area contributed by atoms with Crippen LogP contribution in [0.15, 0.2) is 67.0 Å². The van der Waals surface area contributed by atoms with Crippen molar-refractivity contribution in [2.24, 2.45) is 0 Å². The Morgan fingerprint density at radius 1 is 1.00 bits per heavy atom. The zero-order valence-corrected chi connectivity index (χ0v) is 16.0. The molecule has 0 unspecified atom stereocenters. The largest absolute Gasteiger partial charge is 0.294 e. The van der Waals surface area contributed by atoms with E-state index in [0.717, 1.165) is 5.56 Å². The first kappa shape index (κ1) is 19.7. The molecule has 3 aromatic rings. The van der Waals surface area contributed by atoms with Gasteiger partial charge in [0.1, 0.15) is 11.6 Å². The number of carbonyl (C=O) groups is 2. The molecule has 0 bridgehead atoms. The van der Waals surface area contributed by atoms with Gasteiger partial charge in [0.15, 0.2) is 5.78 Å². The Morgan fingerprint density at radius 3 is 2.32 bits per heavy atom. The van der Waals surface area contributed by atoms with E-state index < -0.39 is 0 Å². The van der Waals surface area contributed by atoms with Crippen LogP contribution >= 0.6 is 0 Å². The zero-order valence-electron chi connectivity index (χ0n) is 16.0. The Balaban J connectivity index is 1.83. The number of Topliss-reactive ketones (excluding diaryl/α,β-unsaturated/α-hetero) is 1. The van der Waals surface area contributed by atoms with Crippen LogP contribution in [0.3, 0.4) is 0 Å². The summed E-state index contributed by atoms with van der Waals surface area (Å²) in [6.45, 7) is 3.97. The summed E-state index contributed by atoms with van der Waals surface area (Å²) >= 11 is 0. The summed E-state index contributed by atoms with van der Waals surface area (Å²) in [5.41, 5.74) is 1.37. The molecule has 1 atom stereocenters. The molecule has 0 amide bonds. The van der Waals surface area contributed by atoms with Crippen molar-refractivity contribution in [2.45, 2.75) is 38.5 Å². The second-order valence-electron chi connectivity index (χ2n) is 7.15. The predicted molar refractivity (Wildman–Crippen MR) is 106 cm³/mol.